The fourth-order valence-electron chi connectivity index (χ4n) is 2.98. The highest BCUT2D eigenvalue weighted by Gasteiger charge is 2.30. The molecule has 2 aliphatic rings. The Labute approximate surface area is 153 Å². The first kappa shape index (κ1) is 20.1. The molecule has 0 heterocycles. The number of carbonyl (C=O) groups excluding carboxylic acids is 1. The molecule has 1 aromatic carbocycles. The lowest BCUT2D eigenvalue weighted by Gasteiger charge is -2.25. The Balaban J connectivity index is 0.00000225. The SMILES string of the molecule is Cl.NC1CCCC(C(=O)Nc2ccc(F)c(S(=O)(=O)NC3CC3)c2)C1. The molecule has 2 unspecified atom stereocenters. The van der Waals surface area contributed by atoms with E-state index in [1.54, 1.807) is 0 Å². The number of hydrogen-bond donors (Lipinski definition) is 3. The Morgan fingerprint density at radius 3 is 2.56 bits per heavy atom. The van der Waals surface area contributed by atoms with Crippen LogP contribution in [0.5, 0.6) is 0 Å². The monoisotopic (exact) mass is 391 g/mol. The molecule has 0 aromatic heterocycles. The van der Waals surface area contributed by atoms with E-state index in [1.165, 1.54) is 12.1 Å². The first-order chi connectivity index (χ1) is 11.3. The van der Waals surface area contributed by atoms with Gasteiger partial charge in [0.15, 0.2) is 0 Å². The molecule has 0 radical (unpaired) electrons. The highest BCUT2D eigenvalue weighted by Crippen LogP contribution is 2.27. The third kappa shape index (κ3) is 5.13. The van der Waals surface area contributed by atoms with Gasteiger partial charge in [0, 0.05) is 23.7 Å². The van der Waals surface area contributed by atoms with Gasteiger partial charge in [-0.25, -0.2) is 17.5 Å². The van der Waals surface area contributed by atoms with Gasteiger partial charge in [-0.1, -0.05) is 6.42 Å². The van der Waals surface area contributed by atoms with Crippen LogP contribution in [0.15, 0.2) is 23.1 Å². The standard InChI is InChI=1S/C16H22FN3O3S.ClH/c17-14-7-6-13(9-15(14)24(22,23)20-12-4-5-12)19-16(21)10-2-1-3-11(18)8-10;/h6-7,9-12,20H,1-5,8,18H2,(H,19,21);1H. The summed E-state index contributed by atoms with van der Waals surface area (Å²) in [4.78, 5) is 11.9. The summed E-state index contributed by atoms with van der Waals surface area (Å²) in [6, 6.07) is 3.49. The van der Waals surface area contributed by atoms with Crippen LogP contribution < -0.4 is 15.8 Å². The number of hydrogen-bond acceptors (Lipinski definition) is 4. The van der Waals surface area contributed by atoms with Gasteiger partial charge in [-0.15, -0.1) is 12.4 Å². The molecule has 2 atom stereocenters. The van der Waals surface area contributed by atoms with Crippen molar-refractivity contribution in [3.8, 4) is 0 Å². The van der Waals surface area contributed by atoms with Gasteiger partial charge >= 0.3 is 0 Å². The number of amides is 1. The fraction of sp³-hybridized carbons (Fsp3) is 0.562. The van der Waals surface area contributed by atoms with Crippen molar-refractivity contribution in [2.75, 3.05) is 5.32 Å². The lowest BCUT2D eigenvalue weighted by atomic mass is 9.85. The van der Waals surface area contributed by atoms with Gasteiger partial charge < -0.3 is 11.1 Å². The molecule has 2 saturated carbocycles. The Bertz CT molecular complexity index is 740. The van der Waals surface area contributed by atoms with Gasteiger partial charge in [-0.2, -0.15) is 0 Å². The largest absolute Gasteiger partial charge is 0.328 e. The second kappa shape index (κ2) is 7.99. The van der Waals surface area contributed by atoms with E-state index >= 15 is 0 Å². The molecule has 0 saturated heterocycles. The highest BCUT2D eigenvalue weighted by molar-refractivity contribution is 7.89. The second-order valence-electron chi connectivity index (χ2n) is 6.65. The van der Waals surface area contributed by atoms with E-state index < -0.39 is 20.7 Å². The van der Waals surface area contributed by atoms with E-state index in [0.29, 0.717) is 6.42 Å². The molecule has 4 N–H and O–H groups in total. The topological polar surface area (TPSA) is 101 Å². The number of sulfonamides is 1. The summed E-state index contributed by atoms with van der Waals surface area (Å²) in [7, 11) is -3.92. The molecule has 1 amide bonds. The van der Waals surface area contributed by atoms with Crippen LogP contribution in [0.4, 0.5) is 10.1 Å². The van der Waals surface area contributed by atoms with Crippen molar-refractivity contribution < 1.29 is 17.6 Å². The van der Waals surface area contributed by atoms with Crippen molar-refractivity contribution in [1.82, 2.24) is 4.72 Å². The molecular weight excluding hydrogens is 369 g/mol. The van der Waals surface area contributed by atoms with Crippen molar-refractivity contribution in [2.24, 2.45) is 11.7 Å². The molecule has 2 fully saturated rings. The average molecular weight is 392 g/mol. The minimum absolute atomic E-state index is 0. The maximum atomic E-state index is 13.9. The van der Waals surface area contributed by atoms with Crippen molar-refractivity contribution in [1.29, 1.82) is 0 Å². The molecule has 3 rings (SSSR count). The summed E-state index contributed by atoms with van der Waals surface area (Å²) in [6.45, 7) is 0. The quantitative estimate of drug-likeness (QED) is 0.715. The van der Waals surface area contributed by atoms with Crippen LogP contribution >= 0.6 is 12.4 Å². The van der Waals surface area contributed by atoms with E-state index in [1.807, 2.05) is 0 Å². The Morgan fingerprint density at radius 1 is 1.20 bits per heavy atom. The van der Waals surface area contributed by atoms with Gasteiger partial charge in [0.1, 0.15) is 10.7 Å². The van der Waals surface area contributed by atoms with Crippen LogP contribution in [0.25, 0.3) is 0 Å². The summed E-state index contributed by atoms with van der Waals surface area (Å²) in [5.74, 6) is -1.22. The fourth-order valence-corrected chi connectivity index (χ4v) is 4.39. The zero-order chi connectivity index (χ0) is 17.3. The second-order valence-corrected chi connectivity index (χ2v) is 8.34. The highest BCUT2D eigenvalue weighted by atomic mass is 35.5. The smallest absolute Gasteiger partial charge is 0.243 e. The van der Waals surface area contributed by atoms with Gasteiger partial charge in [0.05, 0.1) is 0 Å². The van der Waals surface area contributed by atoms with E-state index in [2.05, 4.69) is 10.0 Å². The third-order valence-electron chi connectivity index (χ3n) is 4.47. The Morgan fingerprint density at radius 2 is 1.92 bits per heavy atom. The molecule has 140 valence electrons. The van der Waals surface area contributed by atoms with Crippen LogP contribution in [0.3, 0.4) is 0 Å². The lowest BCUT2D eigenvalue weighted by Crippen LogP contribution is -2.34. The van der Waals surface area contributed by atoms with Gasteiger partial charge in [-0.3, -0.25) is 4.79 Å². The summed E-state index contributed by atoms with van der Waals surface area (Å²) in [5, 5.41) is 2.69. The molecule has 25 heavy (non-hydrogen) atoms. The first-order valence-electron chi connectivity index (χ1n) is 8.23. The predicted octanol–water partition coefficient (Wildman–Crippen LogP) is 2.14. The minimum atomic E-state index is -3.92. The minimum Gasteiger partial charge on any atom is -0.328 e. The zero-order valence-electron chi connectivity index (χ0n) is 13.7. The summed E-state index contributed by atoms with van der Waals surface area (Å²) < 4.78 is 40.8. The number of benzene rings is 1. The predicted molar refractivity (Wildman–Crippen MR) is 95.6 cm³/mol. The number of anilines is 1. The van der Waals surface area contributed by atoms with E-state index in [0.717, 1.165) is 38.2 Å². The number of nitrogens with one attached hydrogen (secondary N) is 2. The Hall–Kier alpha value is -1.22. The van der Waals surface area contributed by atoms with Crippen molar-refractivity contribution in [2.45, 2.75) is 55.5 Å². The molecule has 1 aromatic rings. The maximum Gasteiger partial charge on any atom is 0.243 e. The van der Waals surface area contributed by atoms with E-state index in [9.17, 15) is 17.6 Å². The van der Waals surface area contributed by atoms with Crippen molar-refractivity contribution in [3.63, 3.8) is 0 Å². The molecule has 6 nitrogen and oxygen atoms in total. The zero-order valence-corrected chi connectivity index (χ0v) is 15.3. The summed E-state index contributed by atoms with van der Waals surface area (Å²) in [5.41, 5.74) is 6.17. The number of carbonyl (C=O) groups is 1. The molecule has 0 bridgehead atoms. The molecule has 0 aliphatic heterocycles. The number of halogens is 2. The van der Waals surface area contributed by atoms with Gasteiger partial charge in [-0.05, 0) is 50.3 Å². The van der Waals surface area contributed by atoms with Gasteiger partial charge in [0.25, 0.3) is 0 Å². The molecular formula is C16H23ClFN3O3S. The maximum absolute atomic E-state index is 13.9. The number of rotatable bonds is 5. The third-order valence-corrected chi connectivity index (χ3v) is 6.01. The molecule has 2 aliphatic carbocycles. The van der Waals surface area contributed by atoms with Gasteiger partial charge in [0.2, 0.25) is 15.9 Å². The molecule has 0 spiro atoms. The van der Waals surface area contributed by atoms with Crippen LogP contribution in [-0.2, 0) is 14.8 Å². The average Bonchev–Trinajstić information content (AvgIpc) is 3.32. The molecule has 9 heteroatoms. The summed E-state index contributed by atoms with van der Waals surface area (Å²) >= 11 is 0. The normalized spacial score (nSPS) is 23.6. The van der Waals surface area contributed by atoms with Crippen LogP contribution in [0, 0.1) is 11.7 Å². The van der Waals surface area contributed by atoms with Crippen LogP contribution in [-0.4, -0.2) is 26.4 Å². The first-order valence-corrected chi connectivity index (χ1v) is 9.72. The van der Waals surface area contributed by atoms with E-state index in [-0.39, 0.29) is 42.0 Å². The Kier molecular flexibility index (Phi) is 6.42. The lowest BCUT2D eigenvalue weighted by molar-refractivity contribution is -0.120. The summed E-state index contributed by atoms with van der Waals surface area (Å²) in [6.07, 6.45) is 4.71. The number of nitrogens with two attached hydrogens (primary N) is 1. The van der Waals surface area contributed by atoms with Crippen molar-refractivity contribution >= 4 is 34.0 Å². The van der Waals surface area contributed by atoms with Crippen LogP contribution in [0.2, 0.25) is 0 Å². The van der Waals surface area contributed by atoms with Crippen LogP contribution in [0.1, 0.15) is 38.5 Å². The van der Waals surface area contributed by atoms with E-state index in [4.69, 9.17) is 5.73 Å². The van der Waals surface area contributed by atoms with Crippen molar-refractivity contribution in [3.05, 3.63) is 24.0 Å².